The summed E-state index contributed by atoms with van der Waals surface area (Å²) < 4.78 is 54.9. The highest BCUT2D eigenvalue weighted by molar-refractivity contribution is 6.07. The van der Waals surface area contributed by atoms with Crippen LogP contribution in [0.5, 0.6) is 0 Å². The van der Waals surface area contributed by atoms with Gasteiger partial charge in [-0.3, -0.25) is 14.7 Å². The molecule has 0 radical (unpaired) electrons. The Labute approximate surface area is 205 Å². The second-order valence-corrected chi connectivity index (χ2v) is 8.31. The maximum atomic E-state index is 14.4. The summed E-state index contributed by atoms with van der Waals surface area (Å²) in [5.41, 5.74) is 10.6. The molecule has 2 aromatic carbocycles. The van der Waals surface area contributed by atoms with Gasteiger partial charge in [0, 0.05) is 23.1 Å². The third kappa shape index (κ3) is 4.26. The fraction of sp³-hybridized carbons (Fsp3) is 0.174. The Morgan fingerprint density at radius 1 is 1.05 bits per heavy atom. The zero-order chi connectivity index (χ0) is 26.5. The number of para-hydroxylation sites is 1. The van der Waals surface area contributed by atoms with E-state index < -0.39 is 41.5 Å². The number of anilines is 2. The first-order valence-corrected chi connectivity index (χ1v) is 10.8. The van der Waals surface area contributed by atoms with Crippen molar-refractivity contribution in [3.8, 4) is 0 Å². The molecule has 10 nitrogen and oxygen atoms in total. The summed E-state index contributed by atoms with van der Waals surface area (Å²) >= 11 is 0. The molecule has 37 heavy (non-hydrogen) atoms. The summed E-state index contributed by atoms with van der Waals surface area (Å²) in [6.07, 6.45) is -4.77. The molecule has 0 aliphatic carbocycles. The van der Waals surface area contributed by atoms with E-state index in [1.807, 2.05) is 0 Å². The molecule has 0 saturated carbocycles. The summed E-state index contributed by atoms with van der Waals surface area (Å²) in [6, 6.07) is 7.23. The van der Waals surface area contributed by atoms with Crippen LogP contribution in [0.1, 0.15) is 43.2 Å². The second-order valence-electron chi connectivity index (χ2n) is 8.31. The lowest BCUT2D eigenvalue weighted by atomic mass is 10.1. The first kappa shape index (κ1) is 24.0. The van der Waals surface area contributed by atoms with Crippen LogP contribution < -0.4 is 21.7 Å². The fourth-order valence-corrected chi connectivity index (χ4v) is 4.28. The number of carbonyl (C=O) groups excluding carboxylic acids is 2. The minimum absolute atomic E-state index is 0.0586. The summed E-state index contributed by atoms with van der Waals surface area (Å²) in [7, 11) is 0. The topological polar surface area (TPSA) is 156 Å². The van der Waals surface area contributed by atoms with E-state index in [-0.39, 0.29) is 41.6 Å². The van der Waals surface area contributed by atoms with Crippen LogP contribution in [0.25, 0.3) is 10.9 Å². The number of alkyl halides is 3. The number of nitrogens with two attached hydrogens (primary N) is 2. The van der Waals surface area contributed by atoms with Gasteiger partial charge in [0.1, 0.15) is 11.6 Å². The van der Waals surface area contributed by atoms with Gasteiger partial charge in [-0.05, 0) is 24.3 Å². The highest BCUT2D eigenvalue weighted by atomic mass is 19.4. The maximum Gasteiger partial charge on any atom is 0.416 e. The van der Waals surface area contributed by atoms with Crippen molar-refractivity contribution in [1.82, 2.24) is 20.2 Å². The molecule has 0 spiro atoms. The molecule has 6 N–H and O–H groups in total. The average molecular weight is 514 g/mol. The number of aromatic nitrogens is 4. The van der Waals surface area contributed by atoms with E-state index in [0.717, 1.165) is 18.2 Å². The molecular formula is C23H18F4N8O2. The Hall–Kier alpha value is -4.75. The number of aromatic amines is 1. The maximum absolute atomic E-state index is 14.4. The van der Waals surface area contributed by atoms with Gasteiger partial charge in [-0.15, -0.1) is 0 Å². The summed E-state index contributed by atoms with van der Waals surface area (Å²) in [4.78, 5) is 34.3. The lowest BCUT2D eigenvalue weighted by Crippen LogP contribution is -2.22. The molecule has 0 saturated heterocycles. The summed E-state index contributed by atoms with van der Waals surface area (Å²) in [5, 5.41) is 9.70. The molecule has 0 unspecified atom stereocenters. The van der Waals surface area contributed by atoms with Crippen molar-refractivity contribution in [2.45, 2.75) is 25.8 Å². The molecule has 1 aliphatic rings. The number of rotatable bonds is 6. The molecule has 5 rings (SSSR count). The van der Waals surface area contributed by atoms with Crippen molar-refractivity contribution < 1.29 is 27.2 Å². The number of benzene rings is 2. The monoisotopic (exact) mass is 514 g/mol. The fourth-order valence-electron chi connectivity index (χ4n) is 4.28. The van der Waals surface area contributed by atoms with Gasteiger partial charge in [-0.2, -0.15) is 23.3 Å². The molecule has 0 atom stereocenters. The van der Waals surface area contributed by atoms with E-state index >= 15 is 0 Å². The van der Waals surface area contributed by atoms with Gasteiger partial charge >= 0.3 is 6.18 Å². The second kappa shape index (κ2) is 8.72. The molecule has 190 valence electrons. The standard InChI is InChI=1S/C23H18F4N8O2/c24-15-6-2-5-14(23(25,26)27)12(15)7-30-21-11-4-1-3-10(19(28)36)17(11)31-22(32-21)35-8-13-16(9-35)33-34-18(13)20(29)37/h1-6H,7-9H2,(H2,28,36)(H2,29,37)(H,33,34)(H,30,31,32). The van der Waals surface area contributed by atoms with Crippen molar-refractivity contribution in [3.05, 3.63) is 75.9 Å². The first-order chi connectivity index (χ1) is 17.5. The minimum atomic E-state index is -4.77. The number of hydrogen-bond donors (Lipinski definition) is 4. The van der Waals surface area contributed by atoms with Gasteiger partial charge in [-0.1, -0.05) is 12.1 Å². The van der Waals surface area contributed by atoms with Crippen molar-refractivity contribution in [2.75, 3.05) is 10.2 Å². The quantitative estimate of drug-likeness (QED) is 0.288. The lowest BCUT2D eigenvalue weighted by Gasteiger charge is -2.20. The number of amides is 2. The van der Waals surface area contributed by atoms with E-state index in [0.29, 0.717) is 16.6 Å². The summed E-state index contributed by atoms with van der Waals surface area (Å²) in [6.45, 7) is -0.188. The van der Waals surface area contributed by atoms with Gasteiger partial charge < -0.3 is 21.7 Å². The highest BCUT2D eigenvalue weighted by Crippen LogP contribution is 2.35. The summed E-state index contributed by atoms with van der Waals surface area (Å²) in [5.74, 6) is -2.39. The molecule has 14 heteroatoms. The van der Waals surface area contributed by atoms with Crippen LogP contribution in [0.2, 0.25) is 0 Å². The first-order valence-electron chi connectivity index (χ1n) is 10.8. The molecule has 3 heterocycles. The molecule has 0 fully saturated rings. The zero-order valence-electron chi connectivity index (χ0n) is 18.9. The molecule has 0 bridgehead atoms. The van der Waals surface area contributed by atoms with Gasteiger partial charge in [0.15, 0.2) is 5.69 Å². The number of hydrogen-bond acceptors (Lipinski definition) is 7. The molecular weight excluding hydrogens is 496 g/mol. The smallest absolute Gasteiger partial charge is 0.366 e. The Kier molecular flexibility index (Phi) is 5.65. The van der Waals surface area contributed by atoms with Crippen LogP contribution >= 0.6 is 0 Å². The van der Waals surface area contributed by atoms with Crippen LogP contribution in [0.15, 0.2) is 36.4 Å². The van der Waals surface area contributed by atoms with E-state index in [1.165, 1.54) is 12.1 Å². The average Bonchev–Trinajstić information content (AvgIpc) is 3.42. The SMILES string of the molecule is NC(=O)c1n[nH]c2c1CN(c1nc(NCc3c(F)cccc3C(F)(F)F)c3cccc(C(N)=O)c3n1)C2. The van der Waals surface area contributed by atoms with Gasteiger partial charge in [0.25, 0.3) is 11.8 Å². The number of H-pyrrole nitrogens is 1. The number of fused-ring (bicyclic) bond motifs is 2. The number of halogens is 4. The highest BCUT2D eigenvalue weighted by Gasteiger charge is 2.34. The molecule has 4 aromatic rings. The van der Waals surface area contributed by atoms with Crippen molar-refractivity contribution >= 4 is 34.5 Å². The lowest BCUT2D eigenvalue weighted by molar-refractivity contribution is -0.138. The van der Waals surface area contributed by atoms with Crippen molar-refractivity contribution in [2.24, 2.45) is 11.5 Å². The largest absolute Gasteiger partial charge is 0.416 e. The van der Waals surface area contributed by atoms with Crippen LogP contribution in [0, 0.1) is 5.82 Å². The Morgan fingerprint density at radius 2 is 1.81 bits per heavy atom. The predicted molar refractivity (Wildman–Crippen MR) is 124 cm³/mol. The van der Waals surface area contributed by atoms with Crippen LogP contribution in [0.4, 0.5) is 29.3 Å². The third-order valence-electron chi connectivity index (χ3n) is 6.00. The Morgan fingerprint density at radius 3 is 2.51 bits per heavy atom. The van der Waals surface area contributed by atoms with Gasteiger partial charge in [0.05, 0.1) is 35.4 Å². The number of carbonyl (C=O) groups is 2. The van der Waals surface area contributed by atoms with Crippen LogP contribution in [0.3, 0.4) is 0 Å². The normalized spacial score (nSPS) is 13.1. The van der Waals surface area contributed by atoms with Crippen molar-refractivity contribution in [1.29, 1.82) is 0 Å². The van der Waals surface area contributed by atoms with Crippen molar-refractivity contribution in [3.63, 3.8) is 0 Å². The predicted octanol–water partition coefficient (Wildman–Crippen LogP) is 2.84. The van der Waals surface area contributed by atoms with E-state index in [2.05, 4.69) is 25.5 Å². The van der Waals surface area contributed by atoms with Crippen LogP contribution in [-0.2, 0) is 25.8 Å². The third-order valence-corrected chi connectivity index (χ3v) is 6.00. The molecule has 2 amide bonds. The zero-order valence-corrected chi connectivity index (χ0v) is 18.9. The van der Waals surface area contributed by atoms with E-state index in [4.69, 9.17) is 11.5 Å². The Balaban J connectivity index is 1.57. The Bertz CT molecular complexity index is 1570. The van der Waals surface area contributed by atoms with Gasteiger partial charge in [0.2, 0.25) is 5.95 Å². The van der Waals surface area contributed by atoms with Gasteiger partial charge in [-0.25, -0.2) is 9.37 Å². The van der Waals surface area contributed by atoms with E-state index in [9.17, 15) is 27.2 Å². The minimum Gasteiger partial charge on any atom is -0.366 e. The number of nitrogens with one attached hydrogen (secondary N) is 2. The molecule has 2 aromatic heterocycles. The number of nitrogens with zero attached hydrogens (tertiary/aromatic N) is 4. The number of primary amides is 2. The molecule has 1 aliphatic heterocycles. The van der Waals surface area contributed by atoms with Crippen LogP contribution in [-0.4, -0.2) is 32.0 Å². The van der Waals surface area contributed by atoms with E-state index in [1.54, 1.807) is 11.0 Å².